The number of rotatable bonds is 5. The largest absolute Gasteiger partial charge is 0.356 e. The van der Waals surface area contributed by atoms with Crippen LogP contribution >= 0.6 is 23.1 Å². The van der Waals surface area contributed by atoms with Crippen LogP contribution in [0, 0.1) is 5.41 Å². The molecule has 0 spiro atoms. The van der Waals surface area contributed by atoms with E-state index in [1.54, 1.807) is 11.3 Å². The zero-order valence-electron chi connectivity index (χ0n) is 13.6. The maximum atomic E-state index is 4.43. The van der Waals surface area contributed by atoms with E-state index in [0.29, 0.717) is 5.41 Å². The maximum absolute atomic E-state index is 4.43. The van der Waals surface area contributed by atoms with E-state index < -0.39 is 0 Å². The fraction of sp³-hybridized carbons (Fsp3) is 0.733. The summed E-state index contributed by atoms with van der Waals surface area (Å²) in [6.45, 7) is 11.2. The molecule has 0 atom stereocenters. The molecule has 1 saturated heterocycles. The van der Waals surface area contributed by atoms with Crippen LogP contribution in [0.4, 0.5) is 0 Å². The van der Waals surface area contributed by atoms with Crippen molar-refractivity contribution in [3.63, 3.8) is 0 Å². The summed E-state index contributed by atoms with van der Waals surface area (Å²) in [5.74, 6) is 2.12. The van der Waals surface area contributed by atoms with Gasteiger partial charge < -0.3 is 10.2 Å². The molecule has 118 valence electrons. The molecule has 1 aliphatic rings. The molecule has 0 saturated carbocycles. The lowest BCUT2D eigenvalue weighted by Gasteiger charge is -2.62. The van der Waals surface area contributed by atoms with Crippen LogP contribution in [-0.4, -0.2) is 47.3 Å². The highest BCUT2D eigenvalue weighted by atomic mass is 32.2. The molecular formula is C15H26N4S2. The van der Waals surface area contributed by atoms with E-state index in [9.17, 15) is 0 Å². The number of nitrogens with zero attached hydrogens (tertiary/aromatic N) is 3. The molecule has 0 unspecified atom stereocenters. The van der Waals surface area contributed by atoms with Crippen molar-refractivity contribution in [1.29, 1.82) is 0 Å². The molecule has 1 aliphatic heterocycles. The zero-order chi connectivity index (χ0) is 15.5. The van der Waals surface area contributed by atoms with Gasteiger partial charge in [0.2, 0.25) is 0 Å². The second-order valence-electron chi connectivity index (χ2n) is 6.50. The minimum Gasteiger partial charge on any atom is -0.356 e. The van der Waals surface area contributed by atoms with Crippen LogP contribution in [0.25, 0.3) is 0 Å². The zero-order valence-corrected chi connectivity index (χ0v) is 15.3. The Labute approximate surface area is 136 Å². The predicted octanol–water partition coefficient (Wildman–Crippen LogP) is 3.32. The number of thiazole rings is 1. The Kier molecular flexibility index (Phi) is 5.20. The van der Waals surface area contributed by atoms with Crippen LogP contribution in [0.5, 0.6) is 0 Å². The Morgan fingerprint density at radius 1 is 1.48 bits per heavy atom. The lowest BCUT2D eigenvalue weighted by atomic mass is 9.65. The van der Waals surface area contributed by atoms with E-state index in [-0.39, 0.29) is 5.54 Å². The third-order valence-corrected chi connectivity index (χ3v) is 6.64. The van der Waals surface area contributed by atoms with E-state index in [1.807, 2.05) is 30.4 Å². The van der Waals surface area contributed by atoms with Crippen LogP contribution in [0.3, 0.4) is 0 Å². The maximum Gasteiger partial charge on any atom is 0.194 e. The second kappa shape index (κ2) is 6.57. The molecule has 0 aromatic carbocycles. The minimum atomic E-state index is 0.157. The van der Waals surface area contributed by atoms with Gasteiger partial charge in [0.1, 0.15) is 4.34 Å². The summed E-state index contributed by atoms with van der Waals surface area (Å²) < 4.78 is 1.16. The predicted molar refractivity (Wildman–Crippen MR) is 93.4 cm³/mol. The third kappa shape index (κ3) is 3.54. The highest BCUT2D eigenvalue weighted by molar-refractivity contribution is 8.00. The van der Waals surface area contributed by atoms with E-state index >= 15 is 0 Å². The van der Waals surface area contributed by atoms with Gasteiger partial charge in [-0.2, -0.15) is 0 Å². The Morgan fingerprint density at radius 2 is 2.24 bits per heavy atom. The number of hydrogen-bond donors (Lipinski definition) is 1. The number of likely N-dealkylation sites (tertiary alicyclic amines) is 1. The summed E-state index contributed by atoms with van der Waals surface area (Å²) in [7, 11) is 1.87. The molecule has 6 heteroatoms. The molecule has 1 fully saturated rings. The molecule has 1 aromatic heterocycles. The number of guanidine groups is 1. The van der Waals surface area contributed by atoms with Crippen molar-refractivity contribution in [2.75, 3.05) is 25.9 Å². The Bertz CT molecular complexity index is 480. The van der Waals surface area contributed by atoms with Crippen molar-refractivity contribution in [3.05, 3.63) is 11.6 Å². The van der Waals surface area contributed by atoms with Crippen molar-refractivity contribution >= 4 is 29.1 Å². The van der Waals surface area contributed by atoms with Gasteiger partial charge in [-0.3, -0.25) is 4.99 Å². The Morgan fingerprint density at radius 3 is 2.76 bits per heavy atom. The summed E-state index contributed by atoms with van der Waals surface area (Å²) in [5, 5.41) is 5.51. The lowest BCUT2D eigenvalue weighted by molar-refractivity contribution is -0.0666. The number of hydrogen-bond acceptors (Lipinski definition) is 4. The second-order valence-corrected chi connectivity index (χ2v) is 8.74. The molecule has 2 heterocycles. The SMILES string of the molecule is CN=C(NCCCSc1nccs1)N1CC(C)(C)C1(C)C. The highest BCUT2D eigenvalue weighted by Crippen LogP contribution is 2.46. The number of aromatic nitrogens is 1. The van der Waals surface area contributed by atoms with Crippen LogP contribution in [-0.2, 0) is 0 Å². The summed E-state index contributed by atoms with van der Waals surface area (Å²) in [6, 6.07) is 0. The van der Waals surface area contributed by atoms with Crippen molar-refractivity contribution in [2.45, 2.75) is 44.0 Å². The molecule has 0 amide bonds. The standard InChI is InChI=1S/C15H26N4S2/c1-14(2)11-19(15(14,3)4)12(16-5)17-7-6-9-20-13-18-8-10-21-13/h8,10H,6-7,9,11H2,1-5H3,(H,16,17). The van der Waals surface area contributed by atoms with E-state index in [2.05, 4.69) is 47.9 Å². The van der Waals surface area contributed by atoms with E-state index in [1.165, 1.54) is 0 Å². The quantitative estimate of drug-likeness (QED) is 0.390. The molecule has 4 nitrogen and oxygen atoms in total. The normalized spacial score (nSPS) is 20.2. The fourth-order valence-electron chi connectivity index (χ4n) is 2.41. The average molecular weight is 327 g/mol. The van der Waals surface area contributed by atoms with Gasteiger partial charge in [-0.1, -0.05) is 25.6 Å². The summed E-state index contributed by atoms with van der Waals surface area (Å²) in [4.78, 5) is 11.1. The molecular weight excluding hydrogens is 300 g/mol. The van der Waals surface area contributed by atoms with Crippen molar-refractivity contribution in [2.24, 2.45) is 10.4 Å². The smallest absolute Gasteiger partial charge is 0.194 e. The van der Waals surface area contributed by atoms with Crippen LogP contribution in [0.15, 0.2) is 20.9 Å². The Balaban J connectivity index is 1.72. The van der Waals surface area contributed by atoms with Gasteiger partial charge in [0.05, 0.1) is 0 Å². The van der Waals surface area contributed by atoms with Gasteiger partial charge in [-0.15, -0.1) is 11.3 Å². The molecule has 1 aromatic rings. The number of aliphatic imine (C=N–C) groups is 1. The first-order valence-corrected chi connectivity index (χ1v) is 9.25. The minimum absolute atomic E-state index is 0.157. The topological polar surface area (TPSA) is 40.5 Å². The molecule has 0 aliphatic carbocycles. The van der Waals surface area contributed by atoms with Gasteiger partial charge in [-0.25, -0.2) is 4.98 Å². The van der Waals surface area contributed by atoms with Crippen LogP contribution in [0.2, 0.25) is 0 Å². The molecule has 1 N–H and O–H groups in total. The first-order valence-electron chi connectivity index (χ1n) is 7.39. The lowest BCUT2D eigenvalue weighted by Crippen LogP contribution is -2.72. The van der Waals surface area contributed by atoms with Crippen molar-refractivity contribution in [3.8, 4) is 0 Å². The third-order valence-electron chi connectivity index (χ3n) is 4.59. The van der Waals surface area contributed by atoms with Gasteiger partial charge in [0.25, 0.3) is 0 Å². The summed E-state index contributed by atoms with van der Waals surface area (Å²) in [5.41, 5.74) is 0.496. The van der Waals surface area contributed by atoms with Gasteiger partial charge in [0.15, 0.2) is 5.96 Å². The Hall–Kier alpha value is -0.750. The average Bonchev–Trinajstić information content (AvgIpc) is 2.94. The van der Waals surface area contributed by atoms with E-state index in [0.717, 1.165) is 35.6 Å². The van der Waals surface area contributed by atoms with Gasteiger partial charge in [0, 0.05) is 48.4 Å². The van der Waals surface area contributed by atoms with Crippen LogP contribution < -0.4 is 5.32 Å². The van der Waals surface area contributed by atoms with Crippen molar-refractivity contribution in [1.82, 2.24) is 15.2 Å². The van der Waals surface area contributed by atoms with Crippen LogP contribution in [0.1, 0.15) is 34.1 Å². The van der Waals surface area contributed by atoms with Gasteiger partial charge in [-0.05, 0) is 20.3 Å². The molecule has 0 bridgehead atoms. The molecule has 0 radical (unpaired) electrons. The molecule has 2 rings (SSSR count). The van der Waals surface area contributed by atoms with Crippen molar-refractivity contribution < 1.29 is 0 Å². The number of thioether (sulfide) groups is 1. The highest BCUT2D eigenvalue weighted by Gasteiger charge is 2.53. The molecule has 21 heavy (non-hydrogen) atoms. The first kappa shape index (κ1) is 16.6. The number of nitrogens with one attached hydrogen (secondary N) is 1. The first-order chi connectivity index (χ1) is 9.88. The van der Waals surface area contributed by atoms with E-state index in [4.69, 9.17) is 0 Å². The fourth-order valence-corrected chi connectivity index (χ4v) is 4.06. The summed E-state index contributed by atoms with van der Waals surface area (Å²) >= 11 is 3.54. The van der Waals surface area contributed by atoms with Gasteiger partial charge >= 0.3 is 0 Å². The monoisotopic (exact) mass is 326 g/mol. The summed E-state index contributed by atoms with van der Waals surface area (Å²) in [6.07, 6.45) is 2.97.